The molecule has 1 heterocycles. The molecule has 1 aliphatic rings. The molecule has 0 radical (unpaired) electrons. The molecular formula is C9H16N2O2S2. The number of nitriles is 1. The molecule has 4 nitrogen and oxygen atoms in total. The molecule has 1 fully saturated rings. The van der Waals surface area contributed by atoms with Crippen LogP contribution in [0, 0.1) is 11.3 Å². The fourth-order valence-corrected chi connectivity index (χ4v) is 4.64. The smallest absolute Gasteiger partial charge is 0.164 e. The van der Waals surface area contributed by atoms with Gasteiger partial charge in [-0.05, 0) is 6.42 Å². The van der Waals surface area contributed by atoms with Gasteiger partial charge in [-0.1, -0.05) is 6.92 Å². The zero-order valence-corrected chi connectivity index (χ0v) is 10.6. The Morgan fingerprint density at radius 2 is 2.33 bits per heavy atom. The summed E-state index contributed by atoms with van der Waals surface area (Å²) in [4.78, 5) is 1.83. The van der Waals surface area contributed by atoms with Crippen molar-refractivity contribution in [2.75, 3.05) is 24.3 Å². The molecule has 0 bridgehead atoms. The molecule has 15 heavy (non-hydrogen) atoms. The van der Waals surface area contributed by atoms with Gasteiger partial charge in [0, 0.05) is 24.3 Å². The molecule has 0 aromatic carbocycles. The molecule has 1 rings (SSSR count). The monoisotopic (exact) mass is 248 g/mol. The molecule has 0 aromatic rings. The Kier molecular flexibility index (Phi) is 4.44. The van der Waals surface area contributed by atoms with Crippen LogP contribution in [0.4, 0.5) is 0 Å². The van der Waals surface area contributed by atoms with Crippen LogP contribution in [0.3, 0.4) is 0 Å². The third kappa shape index (κ3) is 3.10. The number of thioether (sulfide) groups is 1. The number of hydrogen-bond acceptors (Lipinski definition) is 5. The minimum Gasteiger partial charge on any atom is -0.270 e. The summed E-state index contributed by atoms with van der Waals surface area (Å²) in [5.74, 6) is 1.49. The summed E-state index contributed by atoms with van der Waals surface area (Å²) in [6, 6.07) is 1.90. The average Bonchev–Trinajstić information content (AvgIpc) is 2.19. The standard InChI is InChI=1S/C9H16N2O2S2/c1-3-8(6-10)11-4-5-14-7-9(11)15(2,12)13/h8-9H,3-5,7H2,1-2H3. The third-order valence-electron chi connectivity index (χ3n) is 2.55. The molecule has 2 unspecified atom stereocenters. The summed E-state index contributed by atoms with van der Waals surface area (Å²) in [6.45, 7) is 2.60. The summed E-state index contributed by atoms with van der Waals surface area (Å²) in [5, 5.41) is 8.48. The van der Waals surface area contributed by atoms with E-state index in [1.165, 1.54) is 6.26 Å². The minimum absolute atomic E-state index is 0.273. The molecular weight excluding hydrogens is 232 g/mol. The highest BCUT2D eigenvalue weighted by Crippen LogP contribution is 2.23. The van der Waals surface area contributed by atoms with Crippen molar-refractivity contribution in [3.8, 4) is 6.07 Å². The Morgan fingerprint density at radius 1 is 1.67 bits per heavy atom. The Bertz CT molecular complexity index is 348. The van der Waals surface area contributed by atoms with Crippen LogP contribution in [0.2, 0.25) is 0 Å². The largest absolute Gasteiger partial charge is 0.270 e. The van der Waals surface area contributed by atoms with Crippen molar-refractivity contribution in [1.82, 2.24) is 4.90 Å². The van der Waals surface area contributed by atoms with Crippen molar-refractivity contribution in [3.63, 3.8) is 0 Å². The van der Waals surface area contributed by atoms with Gasteiger partial charge in [0.15, 0.2) is 9.84 Å². The summed E-state index contributed by atoms with van der Waals surface area (Å²) in [5.41, 5.74) is 0. The Morgan fingerprint density at radius 3 is 2.80 bits per heavy atom. The van der Waals surface area contributed by atoms with Gasteiger partial charge >= 0.3 is 0 Å². The normalized spacial score (nSPS) is 25.8. The average molecular weight is 248 g/mol. The third-order valence-corrected chi connectivity index (χ3v) is 5.21. The van der Waals surface area contributed by atoms with Crippen molar-refractivity contribution in [2.24, 2.45) is 0 Å². The molecule has 0 saturated carbocycles. The lowest BCUT2D eigenvalue weighted by Crippen LogP contribution is -2.51. The highest BCUT2D eigenvalue weighted by Gasteiger charge is 2.34. The van der Waals surface area contributed by atoms with Crippen LogP contribution >= 0.6 is 11.8 Å². The van der Waals surface area contributed by atoms with Gasteiger partial charge in [-0.15, -0.1) is 0 Å². The fourth-order valence-electron chi connectivity index (χ4n) is 1.72. The van der Waals surface area contributed by atoms with E-state index in [0.29, 0.717) is 18.7 Å². The number of sulfone groups is 1. The summed E-state index contributed by atoms with van der Waals surface area (Å²) in [6.07, 6.45) is 1.92. The highest BCUT2D eigenvalue weighted by atomic mass is 32.2. The highest BCUT2D eigenvalue weighted by molar-refractivity contribution is 8.00. The molecule has 0 amide bonds. The number of nitrogens with zero attached hydrogens (tertiary/aromatic N) is 2. The summed E-state index contributed by atoms with van der Waals surface area (Å²) in [7, 11) is -3.09. The van der Waals surface area contributed by atoms with Crippen LogP contribution in [-0.4, -0.2) is 49.0 Å². The van der Waals surface area contributed by atoms with Crippen molar-refractivity contribution in [3.05, 3.63) is 0 Å². The Labute approximate surface area is 95.6 Å². The van der Waals surface area contributed by atoms with Crippen molar-refractivity contribution < 1.29 is 8.42 Å². The lowest BCUT2D eigenvalue weighted by molar-refractivity contribution is 0.225. The quantitative estimate of drug-likeness (QED) is 0.736. The second-order valence-corrected chi connectivity index (χ2v) is 7.00. The summed E-state index contributed by atoms with van der Waals surface area (Å²) < 4.78 is 23.1. The van der Waals surface area contributed by atoms with Gasteiger partial charge in [0.2, 0.25) is 0 Å². The lowest BCUT2D eigenvalue weighted by atomic mass is 10.2. The zero-order chi connectivity index (χ0) is 11.5. The maximum absolute atomic E-state index is 11.6. The number of rotatable bonds is 3. The van der Waals surface area contributed by atoms with Gasteiger partial charge in [0.25, 0.3) is 0 Å². The SMILES string of the molecule is CCC(C#N)N1CCSCC1S(C)(=O)=O. The van der Waals surface area contributed by atoms with Crippen LogP contribution in [0.15, 0.2) is 0 Å². The van der Waals surface area contributed by atoms with Gasteiger partial charge in [-0.3, -0.25) is 4.90 Å². The van der Waals surface area contributed by atoms with Crippen molar-refractivity contribution in [2.45, 2.75) is 24.8 Å². The fraction of sp³-hybridized carbons (Fsp3) is 0.889. The molecule has 0 spiro atoms. The van der Waals surface area contributed by atoms with Crippen LogP contribution in [0.25, 0.3) is 0 Å². The maximum atomic E-state index is 11.6. The lowest BCUT2D eigenvalue weighted by Gasteiger charge is -2.36. The van der Waals surface area contributed by atoms with Gasteiger partial charge < -0.3 is 0 Å². The number of hydrogen-bond donors (Lipinski definition) is 0. The van der Waals surface area contributed by atoms with E-state index in [2.05, 4.69) is 6.07 Å². The molecule has 6 heteroatoms. The Hall–Kier alpha value is -0.250. The van der Waals surface area contributed by atoms with Crippen LogP contribution < -0.4 is 0 Å². The van der Waals surface area contributed by atoms with Gasteiger partial charge in [0.1, 0.15) is 5.37 Å². The zero-order valence-electron chi connectivity index (χ0n) is 9.01. The predicted molar refractivity (Wildman–Crippen MR) is 62.4 cm³/mol. The Balaban J connectivity index is 2.88. The molecule has 1 aliphatic heterocycles. The first-order chi connectivity index (χ1) is 7.00. The molecule has 0 aliphatic carbocycles. The van der Waals surface area contributed by atoms with E-state index in [0.717, 1.165) is 5.75 Å². The van der Waals surface area contributed by atoms with E-state index in [-0.39, 0.29) is 6.04 Å². The van der Waals surface area contributed by atoms with E-state index < -0.39 is 15.2 Å². The first kappa shape index (κ1) is 12.8. The van der Waals surface area contributed by atoms with E-state index >= 15 is 0 Å². The second kappa shape index (κ2) is 5.19. The molecule has 2 atom stereocenters. The molecule has 1 saturated heterocycles. The van der Waals surface area contributed by atoms with Gasteiger partial charge in [-0.25, -0.2) is 8.42 Å². The van der Waals surface area contributed by atoms with Crippen LogP contribution in [-0.2, 0) is 9.84 Å². The van der Waals surface area contributed by atoms with Crippen molar-refractivity contribution in [1.29, 1.82) is 5.26 Å². The summed E-state index contributed by atoms with van der Waals surface area (Å²) >= 11 is 1.64. The first-order valence-electron chi connectivity index (χ1n) is 4.92. The molecule has 0 aromatic heterocycles. The minimum atomic E-state index is -3.09. The topological polar surface area (TPSA) is 61.2 Å². The van der Waals surface area contributed by atoms with Crippen molar-refractivity contribution >= 4 is 21.6 Å². The predicted octanol–water partition coefficient (Wildman–Crippen LogP) is 0.708. The molecule has 86 valence electrons. The first-order valence-corrected chi connectivity index (χ1v) is 8.03. The van der Waals surface area contributed by atoms with Gasteiger partial charge in [0.05, 0.1) is 12.1 Å². The maximum Gasteiger partial charge on any atom is 0.164 e. The molecule has 0 N–H and O–H groups in total. The van der Waals surface area contributed by atoms with E-state index in [1.807, 2.05) is 11.8 Å². The van der Waals surface area contributed by atoms with Crippen LogP contribution in [0.1, 0.15) is 13.3 Å². The van der Waals surface area contributed by atoms with E-state index in [9.17, 15) is 8.42 Å². The van der Waals surface area contributed by atoms with Crippen LogP contribution in [0.5, 0.6) is 0 Å². The van der Waals surface area contributed by atoms with Gasteiger partial charge in [-0.2, -0.15) is 17.0 Å². The van der Waals surface area contributed by atoms with E-state index in [4.69, 9.17) is 5.26 Å². The van der Waals surface area contributed by atoms with E-state index in [1.54, 1.807) is 11.8 Å². The second-order valence-electron chi connectivity index (χ2n) is 3.65.